The van der Waals surface area contributed by atoms with Crippen LogP contribution in [0.15, 0.2) is 12.1 Å². The molecule has 2 rings (SSSR count). The minimum absolute atomic E-state index is 0.0114. The maximum atomic E-state index is 13.2. The van der Waals surface area contributed by atoms with E-state index in [0.29, 0.717) is 6.29 Å². The van der Waals surface area contributed by atoms with Crippen LogP contribution in [0.4, 0.5) is 4.79 Å². The normalized spacial score (nSPS) is 19.6. The second-order valence-electron chi connectivity index (χ2n) is 9.93. The molecule has 0 radical (unpaired) electrons. The molecule has 1 fully saturated rings. The van der Waals surface area contributed by atoms with Gasteiger partial charge in [0.05, 0.1) is 10.2 Å². The topological polar surface area (TPSA) is 121 Å². The van der Waals surface area contributed by atoms with Gasteiger partial charge >= 0.3 is 25.9 Å². The van der Waals surface area contributed by atoms with Crippen molar-refractivity contribution in [2.24, 2.45) is 5.41 Å². The number of carbonyl (C=O) groups is 3. The molecule has 0 aliphatic carbocycles. The van der Waals surface area contributed by atoms with Crippen molar-refractivity contribution in [1.29, 1.82) is 0 Å². The molecule has 9 nitrogen and oxygen atoms in total. The van der Waals surface area contributed by atoms with E-state index in [1.54, 1.807) is 27.8 Å². The van der Waals surface area contributed by atoms with E-state index in [0.717, 1.165) is 0 Å². The monoisotopic (exact) mass is 562 g/mol. The molecule has 1 N–H and O–H groups in total. The highest BCUT2D eigenvalue weighted by molar-refractivity contribution is 14.2. The first kappa shape index (κ1) is 26.2. The number of benzene rings is 1. The number of ether oxygens (including phenoxy) is 1. The largest absolute Gasteiger partial charge is 0.444 e. The number of aliphatic hydroxyl groups is 1. The fourth-order valence-electron chi connectivity index (χ4n) is 3.99. The van der Waals surface area contributed by atoms with Crippen LogP contribution < -0.4 is 0 Å². The SMILES string of the molecule is CN1C(=O)[C@@H](Cc2cc(C=O)c(CO)cc2I(=O)=O)N(C(=O)OC(C)(C)C)[C@@H]1C(C)(C)C. The summed E-state index contributed by atoms with van der Waals surface area (Å²) in [5.41, 5.74) is -0.716. The number of rotatable bonds is 5. The van der Waals surface area contributed by atoms with E-state index < -0.39 is 55.7 Å². The van der Waals surface area contributed by atoms with Gasteiger partial charge in [0.15, 0.2) is 0 Å². The molecular weight excluding hydrogens is 531 g/mol. The molecule has 0 unspecified atom stereocenters. The highest BCUT2D eigenvalue weighted by Gasteiger charge is 2.52. The molecule has 0 aromatic heterocycles. The van der Waals surface area contributed by atoms with Gasteiger partial charge in [-0.2, -0.15) is 0 Å². The molecule has 0 bridgehead atoms. The summed E-state index contributed by atoms with van der Waals surface area (Å²) < 4.78 is 29.6. The van der Waals surface area contributed by atoms with Crippen molar-refractivity contribution in [3.8, 4) is 0 Å². The molecule has 178 valence electrons. The molecule has 1 heterocycles. The highest BCUT2D eigenvalue weighted by atomic mass is 127. The van der Waals surface area contributed by atoms with E-state index in [1.807, 2.05) is 20.8 Å². The molecule has 2 amide bonds. The lowest BCUT2D eigenvalue weighted by atomic mass is 9.91. The number of amides is 2. The Labute approximate surface area is 195 Å². The summed E-state index contributed by atoms with van der Waals surface area (Å²) in [4.78, 5) is 40.7. The van der Waals surface area contributed by atoms with Crippen molar-refractivity contribution >= 4 is 38.1 Å². The number of carbonyl (C=O) groups excluding carboxylic acids is 3. The van der Waals surface area contributed by atoms with Gasteiger partial charge in [0, 0.05) is 24.4 Å². The van der Waals surface area contributed by atoms with E-state index in [1.165, 1.54) is 21.9 Å². The van der Waals surface area contributed by atoms with Gasteiger partial charge in [-0.1, -0.05) is 20.8 Å². The average molecular weight is 562 g/mol. The van der Waals surface area contributed by atoms with Crippen LogP contribution in [-0.4, -0.2) is 58.0 Å². The van der Waals surface area contributed by atoms with Crippen molar-refractivity contribution in [2.75, 3.05) is 7.05 Å². The van der Waals surface area contributed by atoms with Gasteiger partial charge in [-0.25, -0.2) is 10.9 Å². The first-order valence-electron chi connectivity index (χ1n) is 10.2. The maximum absolute atomic E-state index is 13.2. The predicted octanol–water partition coefficient (Wildman–Crippen LogP) is 3.35. The first-order valence-corrected chi connectivity index (χ1v) is 13.0. The van der Waals surface area contributed by atoms with E-state index in [2.05, 4.69) is 0 Å². The maximum Gasteiger partial charge on any atom is 0.412 e. The third-order valence-corrected chi connectivity index (χ3v) is 7.12. The van der Waals surface area contributed by atoms with Crippen molar-refractivity contribution in [1.82, 2.24) is 9.80 Å². The van der Waals surface area contributed by atoms with Crippen LogP contribution >= 0.6 is 19.8 Å². The van der Waals surface area contributed by atoms with Crippen molar-refractivity contribution < 1.29 is 30.4 Å². The highest BCUT2D eigenvalue weighted by Crippen LogP contribution is 2.37. The second-order valence-corrected chi connectivity index (χ2v) is 12.3. The van der Waals surface area contributed by atoms with E-state index in [4.69, 9.17) is 4.74 Å². The molecule has 0 spiro atoms. The van der Waals surface area contributed by atoms with E-state index in [-0.39, 0.29) is 32.6 Å². The van der Waals surface area contributed by atoms with Gasteiger partial charge in [-0.15, -0.1) is 0 Å². The summed E-state index contributed by atoms with van der Waals surface area (Å²) in [6.45, 7) is 10.4. The van der Waals surface area contributed by atoms with Crippen molar-refractivity contribution in [2.45, 2.75) is 72.4 Å². The Morgan fingerprint density at radius 3 is 2.19 bits per heavy atom. The van der Waals surface area contributed by atoms with Gasteiger partial charge in [-0.05, 0) is 44.0 Å². The zero-order chi connectivity index (χ0) is 24.6. The van der Waals surface area contributed by atoms with Crippen molar-refractivity contribution in [3.05, 3.63) is 32.4 Å². The zero-order valence-corrected chi connectivity index (χ0v) is 21.6. The lowest BCUT2D eigenvalue weighted by Gasteiger charge is -2.39. The number of hydrogen-bond donors (Lipinski definition) is 1. The van der Waals surface area contributed by atoms with Crippen LogP contribution in [0.1, 0.15) is 63.0 Å². The fourth-order valence-corrected chi connectivity index (χ4v) is 5.56. The van der Waals surface area contributed by atoms with Crippen LogP contribution in [0.2, 0.25) is 0 Å². The molecule has 1 aromatic rings. The lowest BCUT2D eigenvalue weighted by Crippen LogP contribution is -2.52. The number of likely N-dealkylation sites (N-methyl/N-ethyl adjacent to an activating group) is 1. The summed E-state index contributed by atoms with van der Waals surface area (Å²) in [7, 11) is 1.60. The Bertz CT molecular complexity index is 981. The molecule has 1 saturated heterocycles. The minimum atomic E-state index is -4.04. The lowest BCUT2D eigenvalue weighted by molar-refractivity contribution is -0.129. The Kier molecular flexibility index (Phi) is 7.71. The van der Waals surface area contributed by atoms with Crippen LogP contribution in [0.5, 0.6) is 0 Å². The Morgan fingerprint density at radius 1 is 1.16 bits per heavy atom. The van der Waals surface area contributed by atoms with Gasteiger partial charge in [0.25, 0.3) is 0 Å². The summed E-state index contributed by atoms with van der Waals surface area (Å²) in [6.07, 6.45) is -0.868. The molecule has 10 heteroatoms. The third-order valence-electron chi connectivity index (χ3n) is 5.16. The number of halogens is 1. The van der Waals surface area contributed by atoms with Crippen LogP contribution in [-0.2, 0) is 28.7 Å². The number of aliphatic hydroxyl groups excluding tert-OH is 1. The second kappa shape index (κ2) is 9.42. The van der Waals surface area contributed by atoms with E-state index in [9.17, 15) is 25.6 Å². The number of nitrogens with zero attached hydrogens (tertiary/aromatic N) is 2. The van der Waals surface area contributed by atoms with Gasteiger partial charge in [0.2, 0.25) is 5.91 Å². The first-order chi connectivity index (χ1) is 14.6. The summed E-state index contributed by atoms with van der Waals surface area (Å²) in [5, 5.41) is 9.48. The van der Waals surface area contributed by atoms with E-state index >= 15 is 0 Å². The smallest absolute Gasteiger partial charge is 0.412 e. The minimum Gasteiger partial charge on any atom is -0.444 e. The summed E-state index contributed by atoms with van der Waals surface area (Å²) in [6, 6.07) is 1.64. The molecule has 0 saturated carbocycles. The average Bonchev–Trinajstić information content (AvgIpc) is 2.91. The van der Waals surface area contributed by atoms with Crippen molar-refractivity contribution in [3.63, 3.8) is 0 Å². The summed E-state index contributed by atoms with van der Waals surface area (Å²) in [5.74, 6) is -0.349. The fraction of sp³-hybridized carbons (Fsp3) is 0.591. The zero-order valence-electron chi connectivity index (χ0n) is 19.5. The Morgan fingerprint density at radius 2 is 1.75 bits per heavy atom. The molecule has 1 aromatic carbocycles. The van der Waals surface area contributed by atoms with Gasteiger partial charge < -0.3 is 14.7 Å². The van der Waals surface area contributed by atoms with Crippen LogP contribution in [0.25, 0.3) is 0 Å². The quantitative estimate of drug-likeness (QED) is 0.432. The third kappa shape index (κ3) is 5.45. The Balaban J connectivity index is 2.62. The predicted molar refractivity (Wildman–Crippen MR) is 123 cm³/mol. The molecule has 32 heavy (non-hydrogen) atoms. The molecule has 1 aliphatic heterocycles. The number of hydrogen-bond acceptors (Lipinski definition) is 7. The van der Waals surface area contributed by atoms with Crippen LogP contribution in [0.3, 0.4) is 0 Å². The Hall–Kier alpha value is -2.08. The van der Waals surface area contributed by atoms with Crippen LogP contribution in [0, 0.1) is 8.99 Å². The molecule has 2 atom stereocenters. The number of aldehydes is 1. The molecular formula is C22H31IN2O7. The standard InChI is InChI=1S/C22H31IN2O7/c1-21(2,3)19-24(7)18(28)17(25(19)20(29)32-22(4,5)6)10-13-8-14(11-26)15(12-27)9-16(13)23(30)31/h8-9,11,17,19,27H,10,12H2,1-7H3/t17-,19-/m1/s1. The molecule has 1 aliphatic rings. The van der Waals surface area contributed by atoms with Gasteiger partial charge in [0.1, 0.15) is 24.1 Å². The van der Waals surface area contributed by atoms with Gasteiger partial charge in [-0.3, -0.25) is 14.5 Å². The summed E-state index contributed by atoms with van der Waals surface area (Å²) >= 11 is -4.04.